The Morgan fingerprint density at radius 1 is 1.05 bits per heavy atom. The maximum Gasteiger partial charge on any atom is 0.227 e. The highest BCUT2D eigenvalue weighted by Crippen LogP contribution is 2.45. The first-order chi connectivity index (χ1) is 19.1. The second kappa shape index (κ2) is 10.4. The minimum Gasteiger partial charge on any atom is -0.342 e. The van der Waals surface area contributed by atoms with Crippen LogP contribution >= 0.6 is 11.6 Å². The van der Waals surface area contributed by atoms with Crippen molar-refractivity contribution in [2.75, 3.05) is 19.6 Å². The number of carbonyl (C=O) groups excluding carboxylic acids is 1. The van der Waals surface area contributed by atoms with Crippen LogP contribution in [0.3, 0.4) is 0 Å². The highest BCUT2D eigenvalue weighted by Gasteiger charge is 2.44. The fourth-order valence-corrected chi connectivity index (χ4v) is 8.09. The van der Waals surface area contributed by atoms with Gasteiger partial charge in [0.2, 0.25) is 5.91 Å². The molecule has 40 heavy (non-hydrogen) atoms. The van der Waals surface area contributed by atoms with Crippen LogP contribution in [0, 0.1) is 18.2 Å². The molecule has 2 bridgehead atoms. The quantitative estimate of drug-likeness (QED) is 0.326. The van der Waals surface area contributed by atoms with E-state index in [1.54, 1.807) is 0 Å². The number of imidazole rings is 1. The summed E-state index contributed by atoms with van der Waals surface area (Å²) in [7, 11) is 0. The highest BCUT2D eigenvalue weighted by atomic mass is 35.5. The number of amides is 1. The number of para-hydroxylation sites is 2. The topological polar surface area (TPSA) is 41.4 Å². The van der Waals surface area contributed by atoms with E-state index in [-0.39, 0.29) is 27.6 Å². The van der Waals surface area contributed by atoms with Gasteiger partial charge in [0.25, 0.3) is 0 Å². The van der Waals surface area contributed by atoms with Gasteiger partial charge in [0.05, 0.1) is 16.1 Å². The Hall–Kier alpha value is -2.44. The Morgan fingerprint density at radius 3 is 2.38 bits per heavy atom. The van der Waals surface area contributed by atoms with E-state index in [1.807, 2.05) is 37.8 Å². The summed E-state index contributed by atoms with van der Waals surface area (Å²) in [6, 6.07) is 15.4. The van der Waals surface area contributed by atoms with Crippen molar-refractivity contribution in [3.05, 3.63) is 64.7 Å². The number of hydrogen-bond acceptors (Lipinski definition) is 3. The van der Waals surface area contributed by atoms with Crippen molar-refractivity contribution in [3.8, 4) is 0 Å². The van der Waals surface area contributed by atoms with Gasteiger partial charge in [0.15, 0.2) is 0 Å². The summed E-state index contributed by atoms with van der Waals surface area (Å²) >= 11 is 6.30. The summed E-state index contributed by atoms with van der Waals surface area (Å²) < 4.78 is 16.6. The van der Waals surface area contributed by atoms with Crippen molar-refractivity contribution < 1.29 is 9.18 Å². The zero-order valence-electron chi connectivity index (χ0n) is 24.3. The normalized spacial score (nSPS) is 25.1. The molecule has 1 amide bonds. The van der Waals surface area contributed by atoms with Crippen LogP contribution in [0.15, 0.2) is 42.5 Å². The molecule has 1 aromatic heterocycles. The number of rotatable bonds is 5. The molecule has 4 heterocycles. The standard InChI is InChI=1S/C33H42ClFN4O/c1-22-36-29-7-5-6-8-30(29)39(22)26-20-24-10-11-25(21-26)38(24)18-15-33(23-9-12-28(35)27(34)19-23)13-16-37(17-14-33)31(40)32(2,3)4/h5-9,12,19,24-26H,10-11,13-18,20-21H2,1-4H3/t24-,25+,26+. The molecule has 3 aromatic rings. The zero-order valence-corrected chi connectivity index (χ0v) is 25.1. The van der Waals surface area contributed by atoms with E-state index in [4.69, 9.17) is 16.6 Å². The highest BCUT2D eigenvalue weighted by molar-refractivity contribution is 6.30. The molecule has 0 aliphatic carbocycles. The van der Waals surface area contributed by atoms with Crippen molar-refractivity contribution in [2.24, 2.45) is 5.41 Å². The van der Waals surface area contributed by atoms with Gasteiger partial charge in [0, 0.05) is 36.6 Å². The van der Waals surface area contributed by atoms with Gasteiger partial charge in [-0.3, -0.25) is 9.69 Å². The van der Waals surface area contributed by atoms with Crippen LogP contribution in [-0.2, 0) is 10.2 Å². The summed E-state index contributed by atoms with van der Waals surface area (Å²) in [5.41, 5.74) is 2.96. The molecule has 0 saturated carbocycles. The number of benzene rings is 2. The number of piperidine rings is 2. The molecule has 5 nitrogen and oxygen atoms in total. The van der Waals surface area contributed by atoms with Gasteiger partial charge in [-0.2, -0.15) is 0 Å². The van der Waals surface area contributed by atoms with Crippen LogP contribution < -0.4 is 0 Å². The summed E-state index contributed by atoms with van der Waals surface area (Å²) in [6.45, 7) is 10.6. The van der Waals surface area contributed by atoms with Crippen LogP contribution in [0.2, 0.25) is 5.02 Å². The molecule has 0 unspecified atom stereocenters. The van der Waals surface area contributed by atoms with Crippen LogP contribution in [0.25, 0.3) is 11.0 Å². The Kier molecular flexibility index (Phi) is 7.23. The maximum absolute atomic E-state index is 14.2. The zero-order chi connectivity index (χ0) is 28.2. The monoisotopic (exact) mass is 564 g/mol. The summed E-state index contributed by atoms with van der Waals surface area (Å²) in [4.78, 5) is 22.7. The van der Waals surface area contributed by atoms with E-state index < -0.39 is 0 Å². The molecule has 7 heteroatoms. The number of fused-ring (bicyclic) bond motifs is 3. The van der Waals surface area contributed by atoms with E-state index in [2.05, 4.69) is 40.7 Å². The first-order valence-electron chi connectivity index (χ1n) is 15.0. The van der Waals surface area contributed by atoms with Gasteiger partial charge in [-0.15, -0.1) is 0 Å². The first-order valence-corrected chi connectivity index (χ1v) is 15.4. The number of halogens is 2. The van der Waals surface area contributed by atoms with Gasteiger partial charge >= 0.3 is 0 Å². The number of likely N-dealkylation sites (tertiary alicyclic amines) is 1. The third-order valence-electron chi connectivity index (χ3n) is 10.0. The number of nitrogens with zero attached hydrogens (tertiary/aromatic N) is 4. The SMILES string of the molecule is Cc1nc2ccccc2n1[C@H]1C[C@H]2CC[C@@H](C1)N2CCC1(c2ccc(F)c(Cl)c2)CCN(C(=O)C(C)(C)C)CC1. The first kappa shape index (κ1) is 27.7. The van der Waals surface area contributed by atoms with Crippen LogP contribution in [-0.4, -0.2) is 57.0 Å². The molecule has 2 aromatic carbocycles. The lowest BCUT2D eigenvalue weighted by Crippen LogP contribution is -2.50. The molecule has 3 atom stereocenters. The Morgan fingerprint density at radius 2 is 1.73 bits per heavy atom. The summed E-state index contributed by atoms with van der Waals surface area (Å²) in [6.07, 6.45) is 7.55. The Balaban J connectivity index is 1.20. The van der Waals surface area contributed by atoms with E-state index in [0.717, 1.165) is 68.6 Å². The van der Waals surface area contributed by atoms with E-state index in [9.17, 15) is 9.18 Å². The maximum atomic E-state index is 14.2. The number of aromatic nitrogens is 2. The van der Waals surface area contributed by atoms with Gasteiger partial charge in [-0.1, -0.05) is 50.6 Å². The molecule has 6 rings (SSSR count). The average molecular weight is 565 g/mol. The van der Waals surface area contributed by atoms with Crippen LogP contribution in [0.1, 0.15) is 83.1 Å². The lowest BCUT2D eigenvalue weighted by molar-refractivity contribution is -0.141. The number of hydrogen-bond donors (Lipinski definition) is 0. The average Bonchev–Trinajstić information content (AvgIpc) is 3.38. The number of aryl methyl sites for hydroxylation is 1. The predicted molar refractivity (Wildman–Crippen MR) is 159 cm³/mol. The molecular weight excluding hydrogens is 523 g/mol. The van der Waals surface area contributed by atoms with Crippen LogP contribution in [0.5, 0.6) is 0 Å². The third-order valence-corrected chi connectivity index (χ3v) is 10.3. The molecule has 0 spiro atoms. The summed E-state index contributed by atoms with van der Waals surface area (Å²) in [5.74, 6) is 0.951. The molecule has 0 N–H and O–H groups in total. The third kappa shape index (κ3) is 4.96. The van der Waals surface area contributed by atoms with E-state index >= 15 is 0 Å². The molecule has 3 saturated heterocycles. The van der Waals surface area contributed by atoms with Gasteiger partial charge in [-0.25, -0.2) is 9.37 Å². The van der Waals surface area contributed by atoms with Crippen LogP contribution in [0.4, 0.5) is 4.39 Å². The largest absolute Gasteiger partial charge is 0.342 e. The fraction of sp³-hybridized carbons (Fsp3) is 0.576. The van der Waals surface area contributed by atoms with Gasteiger partial charge in [0.1, 0.15) is 11.6 Å². The lowest BCUT2D eigenvalue weighted by atomic mass is 9.70. The lowest BCUT2D eigenvalue weighted by Gasteiger charge is -2.46. The Bertz CT molecular complexity index is 1390. The summed E-state index contributed by atoms with van der Waals surface area (Å²) in [5, 5.41) is 0.189. The van der Waals surface area contributed by atoms with Crippen molar-refractivity contribution in [1.29, 1.82) is 0 Å². The van der Waals surface area contributed by atoms with E-state index in [1.165, 1.54) is 24.4 Å². The molecule has 3 fully saturated rings. The van der Waals surface area contributed by atoms with Crippen molar-refractivity contribution in [2.45, 2.75) is 96.2 Å². The van der Waals surface area contributed by atoms with Gasteiger partial charge < -0.3 is 9.47 Å². The molecule has 0 radical (unpaired) electrons. The minimum absolute atomic E-state index is 0.112. The van der Waals surface area contributed by atoms with Crippen molar-refractivity contribution >= 4 is 28.5 Å². The fourth-order valence-electron chi connectivity index (χ4n) is 7.91. The van der Waals surface area contributed by atoms with E-state index in [0.29, 0.717) is 18.1 Å². The molecule has 214 valence electrons. The second-order valence-corrected chi connectivity index (χ2v) is 13.9. The van der Waals surface area contributed by atoms with Crippen molar-refractivity contribution in [3.63, 3.8) is 0 Å². The smallest absolute Gasteiger partial charge is 0.227 e. The Labute approximate surface area is 242 Å². The number of carbonyl (C=O) groups is 1. The van der Waals surface area contributed by atoms with Gasteiger partial charge in [-0.05, 0) is 93.7 Å². The van der Waals surface area contributed by atoms with Crippen molar-refractivity contribution in [1.82, 2.24) is 19.4 Å². The molecule has 3 aliphatic rings. The molecular formula is C33H42ClFN4O. The minimum atomic E-state index is -0.387. The molecule has 3 aliphatic heterocycles. The second-order valence-electron chi connectivity index (χ2n) is 13.5. The predicted octanol–water partition coefficient (Wildman–Crippen LogP) is 7.30.